The molecule has 0 aliphatic carbocycles. The quantitative estimate of drug-likeness (QED) is 0.645. The number of hydrogen-bond donors (Lipinski definition) is 0. The van der Waals surface area contributed by atoms with Gasteiger partial charge in [-0.05, 0) is 18.6 Å². The third-order valence-corrected chi connectivity index (χ3v) is 2.42. The summed E-state index contributed by atoms with van der Waals surface area (Å²) in [6.45, 7) is 2.26. The molecular weight excluding hydrogens is 164 g/mol. The van der Waals surface area contributed by atoms with Gasteiger partial charge in [0.1, 0.15) is 5.82 Å². The van der Waals surface area contributed by atoms with Crippen LogP contribution in [0.5, 0.6) is 0 Å². The van der Waals surface area contributed by atoms with Crippen molar-refractivity contribution in [1.82, 2.24) is 14.6 Å². The van der Waals surface area contributed by atoms with Crippen LogP contribution >= 0.6 is 0 Å². The summed E-state index contributed by atoms with van der Waals surface area (Å²) >= 11 is 0. The highest BCUT2D eigenvalue weighted by atomic mass is 15.3. The standard InChI is InChI=1S/C9H10N4/c1-5-12(6-1)9-3-2-8-10-4-7-13(8)11-9/h2-4,7H,1,5-6H2. The summed E-state index contributed by atoms with van der Waals surface area (Å²) in [6, 6.07) is 4.03. The largest absolute Gasteiger partial charge is 0.355 e. The highest BCUT2D eigenvalue weighted by molar-refractivity contribution is 5.46. The van der Waals surface area contributed by atoms with E-state index >= 15 is 0 Å². The predicted molar refractivity (Wildman–Crippen MR) is 49.8 cm³/mol. The lowest BCUT2D eigenvalue weighted by atomic mass is 10.2. The maximum absolute atomic E-state index is 4.44. The molecule has 4 nitrogen and oxygen atoms in total. The average molecular weight is 174 g/mol. The summed E-state index contributed by atoms with van der Waals surface area (Å²) in [6.07, 6.45) is 4.92. The molecule has 13 heavy (non-hydrogen) atoms. The molecule has 0 bridgehead atoms. The minimum absolute atomic E-state index is 0.907. The van der Waals surface area contributed by atoms with Crippen LogP contribution < -0.4 is 4.90 Å². The summed E-state index contributed by atoms with van der Waals surface area (Å²) in [4.78, 5) is 6.41. The van der Waals surface area contributed by atoms with Crippen LogP contribution in [0.4, 0.5) is 5.82 Å². The van der Waals surface area contributed by atoms with Crippen LogP contribution in [0, 0.1) is 0 Å². The Morgan fingerprint density at radius 3 is 2.92 bits per heavy atom. The number of aromatic nitrogens is 3. The van der Waals surface area contributed by atoms with E-state index in [1.807, 2.05) is 22.8 Å². The highest BCUT2D eigenvalue weighted by Crippen LogP contribution is 2.17. The van der Waals surface area contributed by atoms with Crippen LogP contribution in [0.1, 0.15) is 6.42 Å². The van der Waals surface area contributed by atoms with E-state index in [1.54, 1.807) is 6.20 Å². The molecule has 2 aromatic rings. The lowest BCUT2D eigenvalue weighted by molar-refractivity contribution is 0.603. The van der Waals surface area contributed by atoms with Crippen LogP contribution in [-0.4, -0.2) is 27.7 Å². The van der Waals surface area contributed by atoms with Crippen molar-refractivity contribution >= 4 is 11.5 Å². The van der Waals surface area contributed by atoms with Crippen molar-refractivity contribution in [3.63, 3.8) is 0 Å². The molecule has 3 heterocycles. The van der Waals surface area contributed by atoms with Gasteiger partial charge in [-0.1, -0.05) is 0 Å². The molecule has 1 fully saturated rings. The van der Waals surface area contributed by atoms with Gasteiger partial charge in [0, 0.05) is 25.5 Å². The van der Waals surface area contributed by atoms with Crippen molar-refractivity contribution in [1.29, 1.82) is 0 Å². The summed E-state index contributed by atoms with van der Waals surface area (Å²) in [5.41, 5.74) is 0.907. The van der Waals surface area contributed by atoms with Crippen molar-refractivity contribution in [2.24, 2.45) is 0 Å². The molecule has 1 aliphatic heterocycles. The van der Waals surface area contributed by atoms with Crippen LogP contribution in [0.3, 0.4) is 0 Å². The van der Waals surface area contributed by atoms with E-state index in [4.69, 9.17) is 0 Å². The van der Waals surface area contributed by atoms with Gasteiger partial charge < -0.3 is 4.90 Å². The zero-order chi connectivity index (χ0) is 8.67. The summed E-state index contributed by atoms with van der Waals surface area (Å²) in [5, 5.41) is 4.44. The Hall–Kier alpha value is -1.58. The lowest BCUT2D eigenvalue weighted by Gasteiger charge is -2.31. The monoisotopic (exact) mass is 174 g/mol. The fourth-order valence-corrected chi connectivity index (χ4v) is 1.52. The molecule has 3 rings (SSSR count). The van der Waals surface area contributed by atoms with Crippen molar-refractivity contribution < 1.29 is 0 Å². The Morgan fingerprint density at radius 1 is 1.23 bits per heavy atom. The first-order valence-corrected chi connectivity index (χ1v) is 4.49. The van der Waals surface area contributed by atoms with Crippen LogP contribution in [0.15, 0.2) is 24.5 Å². The van der Waals surface area contributed by atoms with Gasteiger partial charge >= 0.3 is 0 Å². The van der Waals surface area contributed by atoms with E-state index in [9.17, 15) is 0 Å². The zero-order valence-corrected chi connectivity index (χ0v) is 7.22. The molecule has 66 valence electrons. The minimum Gasteiger partial charge on any atom is -0.355 e. The van der Waals surface area contributed by atoms with E-state index in [1.165, 1.54) is 6.42 Å². The molecule has 0 N–H and O–H groups in total. The van der Waals surface area contributed by atoms with Crippen LogP contribution in [0.25, 0.3) is 5.65 Å². The van der Waals surface area contributed by atoms with E-state index in [0.29, 0.717) is 0 Å². The van der Waals surface area contributed by atoms with Gasteiger partial charge in [0.05, 0.1) is 0 Å². The Bertz CT molecular complexity index is 430. The number of fused-ring (bicyclic) bond motifs is 1. The topological polar surface area (TPSA) is 33.4 Å². The molecule has 0 amide bonds. The first-order chi connectivity index (χ1) is 6.43. The molecule has 4 heteroatoms. The van der Waals surface area contributed by atoms with Crippen molar-refractivity contribution in [3.05, 3.63) is 24.5 Å². The van der Waals surface area contributed by atoms with Crippen LogP contribution in [-0.2, 0) is 0 Å². The molecule has 1 saturated heterocycles. The normalized spacial score (nSPS) is 16.2. The van der Waals surface area contributed by atoms with E-state index in [2.05, 4.69) is 15.0 Å². The van der Waals surface area contributed by atoms with E-state index in [0.717, 1.165) is 24.6 Å². The Kier molecular flexibility index (Phi) is 1.30. The molecule has 0 aromatic carbocycles. The molecule has 0 saturated carbocycles. The maximum atomic E-state index is 4.44. The van der Waals surface area contributed by atoms with Crippen molar-refractivity contribution in [2.75, 3.05) is 18.0 Å². The van der Waals surface area contributed by atoms with E-state index in [-0.39, 0.29) is 0 Å². The Balaban J connectivity index is 2.09. The lowest BCUT2D eigenvalue weighted by Crippen LogP contribution is -2.37. The second kappa shape index (κ2) is 2.45. The zero-order valence-electron chi connectivity index (χ0n) is 7.22. The van der Waals surface area contributed by atoms with Gasteiger partial charge in [0.2, 0.25) is 0 Å². The fourth-order valence-electron chi connectivity index (χ4n) is 1.52. The Morgan fingerprint density at radius 2 is 2.15 bits per heavy atom. The van der Waals surface area contributed by atoms with Gasteiger partial charge in [0.15, 0.2) is 5.65 Å². The van der Waals surface area contributed by atoms with Gasteiger partial charge in [0.25, 0.3) is 0 Å². The second-order valence-corrected chi connectivity index (χ2v) is 3.26. The number of hydrogen-bond acceptors (Lipinski definition) is 3. The van der Waals surface area contributed by atoms with Crippen molar-refractivity contribution in [3.8, 4) is 0 Å². The van der Waals surface area contributed by atoms with Gasteiger partial charge in [-0.3, -0.25) is 0 Å². The molecule has 1 aliphatic rings. The smallest absolute Gasteiger partial charge is 0.153 e. The number of rotatable bonds is 1. The number of anilines is 1. The molecule has 2 aromatic heterocycles. The molecule has 0 spiro atoms. The maximum Gasteiger partial charge on any atom is 0.153 e. The Labute approximate surface area is 75.8 Å². The van der Waals surface area contributed by atoms with E-state index < -0.39 is 0 Å². The predicted octanol–water partition coefficient (Wildman–Crippen LogP) is 0.939. The summed E-state index contributed by atoms with van der Waals surface area (Å²) in [5.74, 6) is 1.05. The summed E-state index contributed by atoms with van der Waals surface area (Å²) in [7, 11) is 0. The molecular formula is C9H10N4. The first-order valence-electron chi connectivity index (χ1n) is 4.49. The van der Waals surface area contributed by atoms with Gasteiger partial charge in [-0.2, -0.15) is 0 Å². The van der Waals surface area contributed by atoms with Gasteiger partial charge in [-0.15, -0.1) is 5.10 Å². The third-order valence-electron chi connectivity index (χ3n) is 2.42. The van der Waals surface area contributed by atoms with Crippen molar-refractivity contribution in [2.45, 2.75) is 6.42 Å². The summed E-state index contributed by atoms with van der Waals surface area (Å²) < 4.78 is 1.81. The second-order valence-electron chi connectivity index (χ2n) is 3.26. The molecule has 0 atom stereocenters. The minimum atomic E-state index is 0.907. The SMILES string of the molecule is c1cn2nc(N3CCC3)ccc2n1. The third kappa shape index (κ3) is 0.983. The van der Waals surface area contributed by atoms with Crippen LogP contribution in [0.2, 0.25) is 0 Å². The highest BCUT2D eigenvalue weighted by Gasteiger charge is 2.15. The molecule has 0 unspecified atom stereocenters. The number of imidazole rings is 1. The van der Waals surface area contributed by atoms with Gasteiger partial charge in [-0.25, -0.2) is 9.50 Å². The number of nitrogens with zero attached hydrogens (tertiary/aromatic N) is 4. The first kappa shape index (κ1) is 6.88. The molecule has 0 radical (unpaired) electrons. The average Bonchev–Trinajstić information content (AvgIpc) is 2.47. The fraction of sp³-hybridized carbons (Fsp3) is 0.333.